The number of nitrogens with zero attached hydrogens (tertiary/aromatic N) is 3. The fourth-order valence-electron chi connectivity index (χ4n) is 4.95. The molecule has 2 heterocycles. The Kier molecular flexibility index (Phi) is 6.34. The fraction of sp³-hybridized carbons (Fsp3) is 0.100. The Labute approximate surface area is 228 Å². The van der Waals surface area contributed by atoms with Gasteiger partial charge in [0.2, 0.25) is 0 Å². The minimum atomic E-state index is -4.71. The summed E-state index contributed by atoms with van der Waals surface area (Å²) in [5, 5.41) is 5.79. The van der Waals surface area contributed by atoms with Crippen molar-refractivity contribution >= 4 is 33.4 Å². The monoisotopic (exact) mass is 569 g/mol. The van der Waals surface area contributed by atoms with Crippen molar-refractivity contribution < 1.29 is 26.3 Å². The Hall–Kier alpha value is -4.24. The van der Waals surface area contributed by atoms with Gasteiger partial charge in [-0.2, -0.15) is 18.3 Å². The number of halogens is 7. The van der Waals surface area contributed by atoms with Crippen LogP contribution in [0, 0.1) is 17.5 Å². The molecule has 4 aromatic carbocycles. The van der Waals surface area contributed by atoms with Gasteiger partial charge in [0.15, 0.2) is 0 Å². The summed E-state index contributed by atoms with van der Waals surface area (Å²) in [4.78, 5) is 0. The predicted octanol–water partition coefficient (Wildman–Crippen LogP) is 8.84. The topological polar surface area (TPSA) is 22.8 Å². The average Bonchev–Trinajstić information content (AvgIpc) is 3.47. The number of rotatable bonds is 5. The standard InChI is InChI=1S/C30H18ClF6N3/c31-24-7-2-1-4-19(24)15-39-11-10-17-8-9-18(12-27(17)39)29-21-5-3-6-23(30(35,36)37)28(21)38-40(29)16-22-25(33)13-20(32)14-26(22)34/h1-14H,15-16H2. The maximum absolute atomic E-state index is 14.6. The third kappa shape index (κ3) is 4.60. The summed E-state index contributed by atoms with van der Waals surface area (Å²) in [5.74, 6) is -3.43. The first-order chi connectivity index (χ1) is 19.1. The first-order valence-corrected chi connectivity index (χ1v) is 12.5. The van der Waals surface area contributed by atoms with Gasteiger partial charge in [0.25, 0.3) is 0 Å². The molecule has 0 atom stereocenters. The largest absolute Gasteiger partial charge is 0.418 e. The van der Waals surface area contributed by atoms with E-state index in [1.54, 1.807) is 18.2 Å². The average molecular weight is 570 g/mol. The molecule has 0 bridgehead atoms. The van der Waals surface area contributed by atoms with Crippen LogP contribution in [0.2, 0.25) is 5.02 Å². The van der Waals surface area contributed by atoms with Gasteiger partial charge in [-0.15, -0.1) is 0 Å². The zero-order chi connectivity index (χ0) is 28.2. The number of benzene rings is 4. The Morgan fingerprint density at radius 2 is 1.55 bits per heavy atom. The van der Waals surface area contributed by atoms with Crippen LogP contribution in [0.1, 0.15) is 16.7 Å². The van der Waals surface area contributed by atoms with E-state index in [1.165, 1.54) is 12.1 Å². The lowest BCUT2D eigenvalue weighted by Gasteiger charge is -2.12. The van der Waals surface area contributed by atoms with Crippen LogP contribution in [0.4, 0.5) is 26.3 Å². The first kappa shape index (κ1) is 26.0. The van der Waals surface area contributed by atoms with Crippen molar-refractivity contribution in [1.29, 1.82) is 0 Å². The van der Waals surface area contributed by atoms with E-state index in [4.69, 9.17) is 11.6 Å². The van der Waals surface area contributed by atoms with Crippen LogP contribution in [0.3, 0.4) is 0 Å². The summed E-state index contributed by atoms with van der Waals surface area (Å²) in [6, 6.07) is 19.3. The van der Waals surface area contributed by atoms with E-state index in [9.17, 15) is 26.3 Å². The Balaban J connectivity index is 1.55. The van der Waals surface area contributed by atoms with Crippen molar-refractivity contribution in [2.45, 2.75) is 19.3 Å². The molecular formula is C30H18ClF6N3. The summed E-state index contributed by atoms with van der Waals surface area (Å²) < 4.78 is 87.5. The van der Waals surface area contributed by atoms with Gasteiger partial charge >= 0.3 is 6.18 Å². The molecule has 6 rings (SSSR count). The van der Waals surface area contributed by atoms with Crippen LogP contribution in [0.25, 0.3) is 33.1 Å². The van der Waals surface area contributed by atoms with Crippen molar-refractivity contribution in [1.82, 2.24) is 14.3 Å². The zero-order valence-corrected chi connectivity index (χ0v) is 21.2. The van der Waals surface area contributed by atoms with E-state index in [1.807, 2.05) is 41.1 Å². The molecule has 0 aliphatic carbocycles. The number of alkyl halides is 3. The SMILES string of the molecule is Fc1cc(F)c(Cn2nc3c(C(F)(F)F)cccc3c2-c2ccc3ccn(Cc4ccccc4Cl)c3c2)c(F)c1. The molecule has 0 saturated carbocycles. The molecule has 0 aliphatic rings. The van der Waals surface area contributed by atoms with Gasteiger partial charge in [-0.1, -0.05) is 54.1 Å². The minimum Gasteiger partial charge on any atom is -0.343 e. The molecule has 0 fully saturated rings. The molecule has 0 saturated heterocycles. The maximum atomic E-state index is 14.6. The highest BCUT2D eigenvalue weighted by atomic mass is 35.5. The Morgan fingerprint density at radius 1 is 0.800 bits per heavy atom. The van der Waals surface area contributed by atoms with Crippen molar-refractivity contribution in [3.05, 3.63) is 124 Å². The molecule has 10 heteroatoms. The summed E-state index contributed by atoms with van der Waals surface area (Å²) >= 11 is 6.35. The Bertz CT molecular complexity index is 1880. The van der Waals surface area contributed by atoms with Crippen molar-refractivity contribution in [3.8, 4) is 11.3 Å². The smallest absolute Gasteiger partial charge is 0.343 e. The summed E-state index contributed by atoms with van der Waals surface area (Å²) in [6.45, 7) is -0.116. The highest BCUT2D eigenvalue weighted by Gasteiger charge is 2.34. The molecule has 2 aromatic heterocycles. The van der Waals surface area contributed by atoms with Crippen molar-refractivity contribution in [2.75, 3.05) is 0 Å². The molecule has 0 unspecified atom stereocenters. The van der Waals surface area contributed by atoms with Crippen molar-refractivity contribution in [2.24, 2.45) is 0 Å². The highest BCUT2D eigenvalue weighted by Crippen LogP contribution is 2.39. The predicted molar refractivity (Wildman–Crippen MR) is 142 cm³/mol. The van der Waals surface area contributed by atoms with Gasteiger partial charge in [0, 0.05) is 51.9 Å². The van der Waals surface area contributed by atoms with E-state index in [2.05, 4.69) is 5.10 Å². The van der Waals surface area contributed by atoms with Gasteiger partial charge < -0.3 is 4.57 Å². The molecule has 0 N–H and O–H groups in total. The van der Waals surface area contributed by atoms with Crippen molar-refractivity contribution in [3.63, 3.8) is 0 Å². The fourth-order valence-corrected chi connectivity index (χ4v) is 5.15. The highest BCUT2D eigenvalue weighted by molar-refractivity contribution is 6.31. The number of hydrogen-bond acceptors (Lipinski definition) is 1. The molecule has 3 nitrogen and oxygen atoms in total. The number of hydrogen-bond donors (Lipinski definition) is 0. The molecule has 6 aromatic rings. The van der Waals surface area contributed by atoms with E-state index in [0.717, 1.165) is 27.2 Å². The maximum Gasteiger partial charge on any atom is 0.418 e. The molecule has 40 heavy (non-hydrogen) atoms. The molecule has 202 valence electrons. The van der Waals surface area contributed by atoms with E-state index in [-0.39, 0.29) is 16.6 Å². The second-order valence-electron chi connectivity index (χ2n) is 9.36. The third-order valence-corrected chi connectivity index (χ3v) is 7.20. The molecule has 0 radical (unpaired) electrons. The lowest BCUT2D eigenvalue weighted by atomic mass is 10.0. The van der Waals surface area contributed by atoms with E-state index < -0.39 is 41.3 Å². The van der Waals surface area contributed by atoms with Crippen LogP contribution in [0.5, 0.6) is 0 Å². The molecule has 0 amide bonds. The second kappa shape index (κ2) is 9.75. The lowest BCUT2D eigenvalue weighted by Crippen LogP contribution is -2.09. The van der Waals surface area contributed by atoms with Crippen LogP contribution in [-0.4, -0.2) is 14.3 Å². The van der Waals surface area contributed by atoms with E-state index >= 15 is 0 Å². The quantitative estimate of drug-likeness (QED) is 0.190. The number of fused-ring (bicyclic) bond motifs is 2. The van der Waals surface area contributed by atoms with Gasteiger partial charge in [0.1, 0.15) is 23.0 Å². The minimum absolute atomic E-state index is 0.154. The van der Waals surface area contributed by atoms with Gasteiger partial charge in [-0.3, -0.25) is 4.68 Å². The summed E-state index contributed by atoms with van der Waals surface area (Å²) in [5.41, 5.74) is 0.497. The Morgan fingerprint density at radius 3 is 2.27 bits per heavy atom. The van der Waals surface area contributed by atoms with Gasteiger partial charge in [-0.05, 0) is 35.2 Å². The van der Waals surface area contributed by atoms with Crippen LogP contribution in [-0.2, 0) is 19.3 Å². The molecular weight excluding hydrogens is 552 g/mol. The van der Waals surface area contributed by atoms with E-state index in [0.29, 0.717) is 29.3 Å². The van der Waals surface area contributed by atoms with Crippen LogP contribution >= 0.6 is 11.6 Å². The normalized spacial score (nSPS) is 12.1. The lowest BCUT2D eigenvalue weighted by molar-refractivity contribution is -0.136. The number of aromatic nitrogens is 3. The van der Waals surface area contributed by atoms with Crippen LogP contribution < -0.4 is 0 Å². The zero-order valence-electron chi connectivity index (χ0n) is 20.5. The summed E-state index contributed by atoms with van der Waals surface area (Å²) in [6.07, 6.45) is -2.84. The van der Waals surface area contributed by atoms with Crippen LogP contribution in [0.15, 0.2) is 85.1 Å². The van der Waals surface area contributed by atoms with Gasteiger partial charge in [0.05, 0.1) is 17.8 Å². The molecule has 0 spiro atoms. The third-order valence-electron chi connectivity index (χ3n) is 6.83. The first-order valence-electron chi connectivity index (χ1n) is 12.1. The molecule has 0 aliphatic heterocycles. The summed E-state index contributed by atoms with van der Waals surface area (Å²) in [7, 11) is 0. The second-order valence-corrected chi connectivity index (χ2v) is 9.77. The van der Waals surface area contributed by atoms with Gasteiger partial charge in [-0.25, -0.2) is 13.2 Å².